The van der Waals surface area contributed by atoms with Crippen molar-refractivity contribution in [1.82, 2.24) is 9.97 Å². The summed E-state index contributed by atoms with van der Waals surface area (Å²) in [5.74, 6) is -3.36. The summed E-state index contributed by atoms with van der Waals surface area (Å²) in [6.07, 6.45) is 0.721. The summed E-state index contributed by atoms with van der Waals surface area (Å²) in [7, 11) is 0. The molecule has 1 aromatic rings. The number of anilines is 1. The second-order valence-corrected chi connectivity index (χ2v) is 5.88. The second kappa shape index (κ2) is 5.05. The van der Waals surface area contributed by atoms with E-state index in [0.717, 1.165) is 0 Å². The van der Waals surface area contributed by atoms with Crippen LogP contribution in [0.25, 0.3) is 0 Å². The van der Waals surface area contributed by atoms with Gasteiger partial charge in [0, 0.05) is 31.5 Å². The molecular weight excluding hydrogens is 304 g/mol. The van der Waals surface area contributed by atoms with Crippen LogP contribution in [0.4, 0.5) is 14.6 Å². The fraction of sp³-hybridized carbons (Fsp3) is 0.615. The molecule has 1 saturated heterocycles. The predicted octanol–water partition coefficient (Wildman–Crippen LogP) is 2.47. The quantitative estimate of drug-likeness (QED) is 0.868. The van der Waals surface area contributed by atoms with Crippen molar-refractivity contribution >= 4 is 23.4 Å². The molecule has 21 heavy (non-hydrogen) atoms. The van der Waals surface area contributed by atoms with E-state index in [4.69, 9.17) is 16.7 Å². The SMILES string of the molecule is O=C(O)C[C@H]1CCN(c2nc(Cl)nc3c2CCC3(F)F)C1. The van der Waals surface area contributed by atoms with E-state index in [1.165, 1.54) is 0 Å². The fourth-order valence-corrected chi connectivity index (χ4v) is 3.24. The summed E-state index contributed by atoms with van der Waals surface area (Å²) in [6.45, 7) is 1.10. The van der Waals surface area contributed by atoms with Crippen molar-refractivity contribution in [2.45, 2.75) is 31.6 Å². The van der Waals surface area contributed by atoms with E-state index >= 15 is 0 Å². The molecular formula is C13H14ClF2N3O2. The van der Waals surface area contributed by atoms with Gasteiger partial charge in [0.05, 0.1) is 0 Å². The van der Waals surface area contributed by atoms with Crippen molar-refractivity contribution in [2.24, 2.45) is 5.92 Å². The van der Waals surface area contributed by atoms with Crippen LogP contribution in [0, 0.1) is 5.92 Å². The number of aliphatic carboxylic acids is 1. The Hall–Kier alpha value is -1.50. The summed E-state index contributed by atoms with van der Waals surface area (Å²) in [4.78, 5) is 20.4. The lowest BCUT2D eigenvalue weighted by Crippen LogP contribution is -2.24. The van der Waals surface area contributed by atoms with E-state index in [2.05, 4.69) is 9.97 Å². The van der Waals surface area contributed by atoms with Gasteiger partial charge >= 0.3 is 5.97 Å². The number of carboxylic acids is 1. The van der Waals surface area contributed by atoms with Crippen LogP contribution >= 0.6 is 11.6 Å². The first-order valence-corrected chi connectivity index (χ1v) is 7.16. The van der Waals surface area contributed by atoms with Gasteiger partial charge in [0.2, 0.25) is 5.28 Å². The van der Waals surface area contributed by atoms with Gasteiger partial charge < -0.3 is 10.0 Å². The zero-order valence-electron chi connectivity index (χ0n) is 11.2. The maximum absolute atomic E-state index is 13.8. The molecule has 5 nitrogen and oxygen atoms in total. The predicted molar refractivity (Wildman–Crippen MR) is 71.8 cm³/mol. The number of fused-ring (bicyclic) bond motifs is 1. The monoisotopic (exact) mass is 317 g/mol. The molecule has 1 aliphatic heterocycles. The first-order valence-electron chi connectivity index (χ1n) is 6.78. The molecule has 3 rings (SSSR count). The van der Waals surface area contributed by atoms with E-state index in [9.17, 15) is 13.6 Å². The standard InChI is InChI=1S/C13H14ClF2N3O2/c14-12-17-10-8(1-3-13(10,15)16)11(18-12)19-4-2-7(6-19)5-9(20)21/h7H,1-6H2,(H,20,21)/t7-/m1/s1. The van der Waals surface area contributed by atoms with Crippen LogP contribution < -0.4 is 4.90 Å². The third-order valence-corrected chi connectivity index (χ3v) is 4.21. The maximum Gasteiger partial charge on any atom is 0.303 e. The van der Waals surface area contributed by atoms with Gasteiger partial charge in [-0.05, 0) is 30.4 Å². The number of alkyl halides is 2. The summed E-state index contributed by atoms with van der Waals surface area (Å²) in [5.41, 5.74) is 0.166. The Morgan fingerprint density at radius 1 is 1.48 bits per heavy atom. The lowest BCUT2D eigenvalue weighted by molar-refractivity contribution is -0.137. The molecule has 0 amide bonds. The highest BCUT2D eigenvalue weighted by molar-refractivity contribution is 6.28. The van der Waals surface area contributed by atoms with Crippen molar-refractivity contribution in [3.8, 4) is 0 Å². The lowest BCUT2D eigenvalue weighted by Gasteiger charge is -2.20. The molecule has 0 unspecified atom stereocenters. The number of nitrogens with zero attached hydrogens (tertiary/aromatic N) is 3. The molecule has 114 valence electrons. The van der Waals surface area contributed by atoms with E-state index in [0.29, 0.717) is 30.9 Å². The zero-order chi connectivity index (χ0) is 15.2. The Kier molecular flexibility index (Phi) is 3.47. The molecule has 1 fully saturated rings. The Balaban J connectivity index is 1.89. The smallest absolute Gasteiger partial charge is 0.303 e. The molecule has 1 aliphatic carbocycles. The Labute approximate surface area is 124 Å². The van der Waals surface area contributed by atoms with Crippen LogP contribution in [0.5, 0.6) is 0 Å². The van der Waals surface area contributed by atoms with Crippen molar-refractivity contribution in [3.05, 3.63) is 16.5 Å². The Bertz CT molecular complexity index is 597. The van der Waals surface area contributed by atoms with Gasteiger partial charge in [-0.25, -0.2) is 9.97 Å². The zero-order valence-corrected chi connectivity index (χ0v) is 11.9. The lowest BCUT2D eigenvalue weighted by atomic mass is 10.1. The molecule has 1 aromatic heterocycles. The van der Waals surface area contributed by atoms with Gasteiger partial charge in [-0.2, -0.15) is 8.78 Å². The van der Waals surface area contributed by atoms with E-state index in [1.807, 2.05) is 4.90 Å². The van der Waals surface area contributed by atoms with Crippen LogP contribution in [-0.2, 0) is 17.1 Å². The largest absolute Gasteiger partial charge is 0.481 e. The number of halogens is 3. The number of carboxylic acid groups (broad SMARTS) is 1. The van der Waals surface area contributed by atoms with Gasteiger partial charge in [0.25, 0.3) is 5.92 Å². The third-order valence-electron chi connectivity index (χ3n) is 4.04. The molecule has 1 atom stereocenters. The minimum absolute atomic E-state index is 0.00815. The average Bonchev–Trinajstić information content (AvgIpc) is 2.94. The van der Waals surface area contributed by atoms with Gasteiger partial charge in [-0.1, -0.05) is 0 Å². The number of hydrogen-bond acceptors (Lipinski definition) is 4. The molecule has 1 N–H and O–H groups in total. The number of aromatic nitrogens is 2. The first-order chi connectivity index (χ1) is 9.87. The highest BCUT2D eigenvalue weighted by Gasteiger charge is 2.44. The molecule has 2 heterocycles. The maximum atomic E-state index is 13.8. The van der Waals surface area contributed by atoms with Gasteiger partial charge in [-0.15, -0.1) is 0 Å². The molecule has 0 radical (unpaired) electrons. The highest BCUT2D eigenvalue weighted by Crippen LogP contribution is 2.44. The second-order valence-electron chi connectivity index (χ2n) is 5.55. The van der Waals surface area contributed by atoms with E-state index in [-0.39, 0.29) is 36.2 Å². The number of hydrogen-bond donors (Lipinski definition) is 1. The normalized spacial score (nSPS) is 23.4. The van der Waals surface area contributed by atoms with Crippen molar-refractivity contribution in [1.29, 1.82) is 0 Å². The van der Waals surface area contributed by atoms with Gasteiger partial charge in [0.1, 0.15) is 11.5 Å². The third kappa shape index (κ3) is 2.66. The molecule has 8 heteroatoms. The van der Waals surface area contributed by atoms with Crippen molar-refractivity contribution < 1.29 is 18.7 Å². The topological polar surface area (TPSA) is 66.3 Å². The van der Waals surface area contributed by atoms with Crippen molar-refractivity contribution in [2.75, 3.05) is 18.0 Å². The van der Waals surface area contributed by atoms with Crippen LogP contribution in [0.3, 0.4) is 0 Å². The van der Waals surface area contributed by atoms with Gasteiger partial charge in [0.15, 0.2) is 0 Å². The minimum atomic E-state index is -2.96. The molecule has 0 saturated carbocycles. The van der Waals surface area contributed by atoms with Crippen LogP contribution in [0.15, 0.2) is 0 Å². The number of carbonyl (C=O) groups is 1. The highest BCUT2D eigenvalue weighted by atomic mass is 35.5. The Morgan fingerprint density at radius 2 is 2.24 bits per heavy atom. The molecule has 0 spiro atoms. The molecule has 0 bridgehead atoms. The minimum Gasteiger partial charge on any atom is -0.481 e. The first kappa shape index (κ1) is 14.4. The molecule has 2 aliphatic rings. The summed E-state index contributed by atoms with van der Waals surface area (Å²) in [5, 5.41) is 8.65. The van der Waals surface area contributed by atoms with E-state index < -0.39 is 11.9 Å². The molecule has 0 aromatic carbocycles. The fourth-order valence-electron chi connectivity index (χ4n) is 3.08. The van der Waals surface area contributed by atoms with Crippen LogP contribution in [-0.4, -0.2) is 34.1 Å². The van der Waals surface area contributed by atoms with Crippen LogP contribution in [0.2, 0.25) is 5.28 Å². The van der Waals surface area contributed by atoms with E-state index in [1.54, 1.807) is 0 Å². The van der Waals surface area contributed by atoms with Crippen molar-refractivity contribution in [3.63, 3.8) is 0 Å². The number of rotatable bonds is 3. The Morgan fingerprint density at radius 3 is 2.95 bits per heavy atom. The van der Waals surface area contributed by atoms with Gasteiger partial charge in [-0.3, -0.25) is 4.79 Å². The summed E-state index contributed by atoms with van der Waals surface area (Å²) >= 11 is 5.78. The average molecular weight is 318 g/mol. The summed E-state index contributed by atoms with van der Waals surface area (Å²) in [6, 6.07) is 0. The van der Waals surface area contributed by atoms with Crippen LogP contribution in [0.1, 0.15) is 30.5 Å². The summed E-state index contributed by atoms with van der Waals surface area (Å²) < 4.78 is 27.6.